The number of nitrogens with zero attached hydrogens (tertiary/aromatic N) is 1. The van der Waals surface area contributed by atoms with Crippen LogP contribution in [0.5, 0.6) is 0 Å². The number of nitrogens with one attached hydrogen (secondary N) is 1. The number of aromatic nitrogens is 1. The van der Waals surface area contributed by atoms with Gasteiger partial charge in [0.05, 0.1) is 5.69 Å². The lowest BCUT2D eigenvalue weighted by Crippen LogP contribution is -2.13. The van der Waals surface area contributed by atoms with E-state index in [9.17, 15) is 0 Å². The summed E-state index contributed by atoms with van der Waals surface area (Å²) < 4.78 is 5.39. The predicted octanol–water partition coefficient (Wildman–Crippen LogP) is 3.96. The van der Waals surface area contributed by atoms with E-state index < -0.39 is 0 Å². The van der Waals surface area contributed by atoms with Crippen LogP contribution in [-0.4, -0.2) is 11.7 Å². The summed E-state index contributed by atoms with van der Waals surface area (Å²) in [5.74, 6) is 1.39. The summed E-state index contributed by atoms with van der Waals surface area (Å²) in [6, 6.07) is 10.5. The molecule has 0 saturated carbocycles. The molecule has 0 aliphatic carbocycles. The Morgan fingerprint density at radius 1 is 1.21 bits per heavy atom. The lowest BCUT2D eigenvalue weighted by atomic mass is 10.0. The highest BCUT2D eigenvalue weighted by Crippen LogP contribution is 2.23. The van der Waals surface area contributed by atoms with Gasteiger partial charge in [-0.2, -0.15) is 0 Å². The van der Waals surface area contributed by atoms with E-state index in [1.807, 2.05) is 6.07 Å². The molecule has 1 N–H and O–H groups in total. The predicted molar refractivity (Wildman–Crippen MR) is 78.0 cm³/mol. The van der Waals surface area contributed by atoms with Crippen LogP contribution in [0.3, 0.4) is 0 Å². The van der Waals surface area contributed by atoms with E-state index in [2.05, 4.69) is 55.5 Å². The zero-order chi connectivity index (χ0) is 13.7. The maximum atomic E-state index is 5.39. The highest BCUT2D eigenvalue weighted by molar-refractivity contribution is 5.57. The molecule has 2 rings (SSSR count). The first-order valence-electron chi connectivity index (χ1n) is 6.97. The molecular formula is C16H22N2O. The topological polar surface area (TPSA) is 38.1 Å². The van der Waals surface area contributed by atoms with Crippen LogP contribution < -0.4 is 5.32 Å². The zero-order valence-corrected chi connectivity index (χ0v) is 11.9. The fourth-order valence-corrected chi connectivity index (χ4v) is 1.96. The third kappa shape index (κ3) is 3.67. The molecule has 0 fully saturated rings. The minimum absolute atomic E-state index is 0.553. The first-order chi connectivity index (χ1) is 9.20. The monoisotopic (exact) mass is 258 g/mol. The summed E-state index contributed by atoms with van der Waals surface area (Å²) in [7, 11) is 0. The van der Waals surface area contributed by atoms with Crippen molar-refractivity contribution < 1.29 is 4.52 Å². The Kier molecular flexibility index (Phi) is 4.74. The minimum Gasteiger partial charge on any atom is -0.356 e. The van der Waals surface area contributed by atoms with Gasteiger partial charge in [-0.15, -0.1) is 0 Å². The van der Waals surface area contributed by atoms with E-state index >= 15 is 0 Å². The molecule has 2 aromatic rings. The molecule has 0 aliphatic heterocycles. The molecule has 0 saturated heterocycles. The summed E-state index contributed by atoms with van der Waals surface area (Å²) in [5.41, 5.74) is 3.38. The van der Waals surface area contributed by atoms with Crippen molar-refractivity contribution in [1.29, 1.82) is 0 Å². The van der Waals surface area contributed by atoms with E-state index in [1.54, 1.807) is 0 Å². The van der Waals surface area contributed by atoms with Crippen molar-refractivity contribution in [3.63, 3.8) is 0 Å². The van der Waals surface area contributed by atoms with Crippen LogP contribution in [0.15, 0.2) is 34.9 Å². The summed E-state index contributed by atoms with van der Waals surface area (Å²) in [6.45, 7) is 8.31. The molecule has 0 amide bonds. The van der Waals surface area contributed by atoms with Crippen molar-refractivity contribution in [2.45, 2.75) is 39.7 Å². The quantitative estimate of drug-likeness (QED) is 0.797. The van der Waals surface area contributed by atoms with Gasteiger partial charge in [-0.05, 0) is 24.4 Å². The first-order valence-corrected chi connectivity index (χ1v) is 6.97. The Morgan fingerprint density at radius 2 is 1.95 bits per heavy atom. The normalized spacial score (nSPS) is 11.2. The average molecular weight is 258 g/mol. The van der Waals surface area contributed by atoms with Crippen LogP contribution in [0.1, 0.15) is 44.4 Å². The molecule has 1 aromatic heterocycles. The molecule has 0 aliphatic rings. The summed E-state index contributed by atoms with van der Waals surface area (Å²) in [6.07, 6.45) is 1.13. The van der Waals surface area contributed by atoms with Gasteiger partial charge in [-0.3, -0.25) is 0 Å². The van der Waals surface area contributed by atoms with Crippen molar-refractivity contribution in [1.82, 2.24) is 10.5 Å². The summed E-state index contributed by atoms with van der Waals surface area (Å²) in [4.78, 5) is 0. The van der Waals surface area contributed by atoms with Gasteiger partial charge in [0, 0.05) is 18.2 Å². The fourth-order valence-electron chi connectivity index (χ4n) is 1.96. The van der Waals surface area contributed by atoms with Gasteiger partial charge in [0.15, 0.2) is 5.76 Å². The Hall–Kier alpha value is -1.61. The Labute approximate surface area is 115 Å². The number of rotatable bonds is 6. The summed E-state index contributed by atoms with van der Waals surface area (Å²) >= 11 is 0. The third-order valence-electron chi connectivity index (χ3n) is 3.15. The van der Waals surface area contributed by atoms with Crippen molar-refractivity contribution in [3.8, 4) is 11.3 Å². The van der Waals surface area contributed by atoms with Crippen LogP contribution in [0, 0.1) is 0 Å². The van der Waals surface area contributed by atoms with Crippen molar-refractivity contribution in [2.24, 2.45) is 0 Å². The Morgan fingerprint density at radius 3 is 2.58 bits per heavy atom. The molecule has 1 aromatic carbocycles. The zero-order valence-electron chi connectivity index (χ0n) is 11.9. The van der Waals surface area contributed by atoms with Crippen LogP contribution in [0.4, 0.5) is 0 Å². The van der Waals surface area contributed by atoms with Gasteiger partial charge >= 0.3 is 0 Å². The van der Waals surface area contributed by atoms with E-state index in [-0.39, 0.29) is 0 Å². The van der Waals surface area contributed by atoms with Gasteiger partial charge in [-0.1, -0.05) is 50.2 Å². The standard InChI is InChI=1S/C16H22N2O/c1-4-9-17-11-15-10-16(19-18-15)14-7-5-13(6-8-14)12(2)3/h5-8,10,12,17H,4,9,11H2,1-3H3. The Bertz CT molecular complexity index is 500. The van der Waals surface area contributed by atoms with Crippen LogP contribution in [-0.2, 0) is 6.54 Å². The van der Waals surface area contributed by atoms with Crippen molar-refractivity contribution in [2.75, 3.05) is 6.54 Å². The summed E-state index contributed by atoms with van der Waals surface area (Å²) in [5, 5.41) is 7.40. The van der Waals surface area contributed by atoms with Gasteiger partial charge in [0.25, 0.3) is 0 Å². The highest BCUT2D eigenvalue weighted by atomic mass is 16.5. The third-order valence-corrected chi connectivity index (χ3v) is 3.15. The maximum Gasteiger partial charge on any atom is 0.167 e. The average Bonchev–Trinajstić information content (AvgIpc) is 2.88. The largest absolute Gasteiger partial charge is 0.356 e. The van der Waals surface area contributed by atoms with Crippen molar-refractivity contribution >= 4 is 0 Å². The molecule has 0 unspecified atom stereocenters. The Balaban J connectivity index is 2.05. The SMILES string of the molecule is CCCNCc1cc(-c2ccc(C(C)C)cc2)on1. The number of hydrogen-bond acceptors (Lipinski definition) is 3. The fraction of sp³-hybridized carbons (Fsp3) is 0.438. The molecule has 19 heavy (non-hydrogen) atoms. The molecule has 3 nitrogen and oxygen atoms in total. The molecule has 1 heterocycles. The van der Waals surface area contributed by atoms with Crippen molar-refractivity contribution in [3.05, 3.63) is 41.6 Å². The minimum atomic E-state index is 0.553. The molecule has 3 heteroatoms. The van der Waals surface area contributed by atoms with Crippen LogP contribution in [0.2, 0.25) is 0 Å². The van der Waals surface area contributed by atoms with Crippen LogP contribution >= 0.6 is 0 Å². The number of benzene rings is 1. The molecule has 0 radical (unpaired) electrons. The smallest absolute Gasteiger partial charge is 0.167 e. The van der Waals surface area contributed by atoms with E-state index in [0.29, 0.717) is 5.92 Å². The van der Waals surface area contributed by atoms with Gasteiger partial charge in [0.2, 0.25) is 0 Å². The second-order valence-electron chi connectivity index (χ2n) is 5.14. The van der Waals surface area contributed by atoms with E-state index in [0.717, 1.165) is 36.5 Å². The lowest BCUT2D eigenvalue weighted by Gasteiger charge is -2.04. The van der Waals surface area contributed by atoms with Gasteiger partial charge in [0.1, 0.15) is 0 Å². The molecule has 0 spiro atoms. The van der Waals surface area contributed by atoms with E-state index in [1.165, 1.54) is 5.56 Å². The second-order valence-corrected chi connectivity index (χ2v) is 5.14. The number of hydrogen-bond donors (Lipinski definition) is 1. The van der Waals surface area contributed by atoms with Crippen LogP contribution in [0.25, 0.3) is 11.3 Å². The molecule has 102 valence electrons. The first kappa shape index (κ1) is 13.8. The molecule has 0 atom stereocenters. The van der Waals surface area contributed by atoms with Gasteiger partial charge in [-0.25, -0.2) is 0 Å². The maximum absolute atomic E-state index is 5.39. The molecule has 0 bridgehead atoms. The van der Waals surface area contributed by atoms with Gasteiger partial charge < -0.3 is 9.84 Å². The van der Waals surface area contributed by atoms with E-state index in [4.69, 9.17) is 4.52 Å². The molecular weight excluding hydrogens is 236 g/mol. The lowest BCUT2D eigenvalue weighted by molar-refractivity contribution is 0.420. The second kappa shape index (κ2) is 6.53. The highest BCUT2D eigenvalue weighted by Gasteiger charge is 2.07.